The summed E-state index contributed by atoms with van der Waals surface area (Å²) in [6, 6.07) is 11.0. The molecule has 1 aliphatic heterocycles. The van der Waals surface area contributed by atoms with E-state index in [1.807, 2.05) is 38.1 Å². The van der Waals surface area contributed by atoms with Crippen LogP contribution in [0.3, 0.4) is 0 Å². The number of rotatable bonds is 5. The van der Waals surface area contributed by atoms with Gasteiger partial charge in [-0.25, -0.2) is 0 Å². The molecule has 1 heterocycles. The van der Waals surface area contributed by atoms with Crippen LogP contribution in [0.5, 0.6) is 5.75 Å². The van der Waals surface area contributed by atoms with Crippen LogP contribution in [-0.4, -0.2) is 35.6 Å². The van der Waals surface area contributed by atoms with Crippen molar-refractivity contribution in [2.75, 3.05) is 19.0 Å². The molecule has 0 unspecified atom stereocenters. The Hall–Kier alpha value is -2.58. The number of carbonyl (C=O) groups is 3. The van der Waals surface area contributed by atoms with Crippen LogP contribution in [0.15, 0.2) is 45.8 Å². The molecule has 2 aromatic rings. The summed E-state index contributed by atoms with van der Waals surface area (Å²) in [6.07, 6.45) is 1.61. The first-order valence-corrected chi connectivity index (χ1v) is 10.4. The molecular formula is C21H19BrN2O4S. The van der Waals surface area contributed by atoms with E-state index in [4.69, 9.17) is 4.74 Å². The minimum atomic E-state index is -0.490. The number of aryl methyl sites for hydroxylation is 2. The van der Waals surface area contributed by atoms with E-state index in [-0.39, 0.29) is 11.4 Å². The zero-order valence-corrected chi connectivity index (χ0v) is 18.5. The predicted molar refractivity (Wildman–Crippen MR) is 118 cm³/mol. The van der Waals surface area contributed by atoms with Gasteiger partial charge in [0.05, 0.1) is 12.0 Å². The molecule has 1 fully saturated rings. The van der Waals surface area contributed by atoms with Crippen LogP contribution < -0.4 is 10.1 Å². The molecule has 3 amide bonds. The van der Waals surface area contributed by atoms with Crippen molar-refractivity contribution in [3.8, 4) is 5.75 Å². The highest BCUT2D eigenvalue weighted by Gasteiger charge is 2.36. The minimum absolute atomic E-state index is 0.259. The quantitative estimate of drug-likeness (QED) is 0.632. The molecular weight excluding hydrogens is 456 g/mol. The number of ether oxygens (including phenoxy) is 1. The molecule has 150 valence electrons. The van der Waals surface area contributed by atoms with Gasteiger partial charge in [0.25, 0.3) is 11.1 Å². The maximum Gasteiger partial charge on any atom is 0.294 e. The maximum absolute atomic E-state index is 12.7. The van der Waals surface area contributed by atoms with Crippen LogP contribution in [0.2, 0.25) is 0 Å². The molecule has 1 N–H and O–H groups in total. The Bertz CT molecular complexity index is 1020. The topological polar surface area (TPSA) is 75.7 Å². The lowest BCUT2D eigenvalue weighted by atomic mass is 10.1. The van der Waals surface area contributed by atoms with E-state index in [1.54, 1.807) is 25.3 Å². The Balaban J connectivity index is 1.75. The third-order valence-corrected chi connectivity index (χ3v) is 5.71. The smallest absolute Gasteiger partial charge is 0.294 e. The van der Waals surface area contributed by atoms with Crippen LogP contribution in [0.1, 0.15) is 16.7 Å². The highest BCUT2D eigenvalue weighted by atomic mass is 79.9. The molecule has 29 heavy (non-hydrogen) atoms. The molecule has 8 heteroatoms. The molecule has 3 rings (SSSR count). The van der Waals surface area contributed by atoms with Crippen molar-refractivity contribution < 1.29 is 19.1 Å². The van der Waals surface area contributed by atoms with Crippen LogP contribution in [0, 0.1) is 13.8 Å². The molecule has 6 nitrogen and oxygen atoms in total. The first-order valence-electron chi connectivity index (χ1n) is 8.74. The van der Waals surface area contributed by atoms with Crippen molar-refractivity contribution in [1.82, 2.24) is 4.90 Å². The van der Waals surface area contributed by atoms with Gasteiger partial charge in [0, 0.05) is 10.2 Å². The number of thioether (sulfide) groups is 1. The van der Waals surface area contributed by atoms with E-state index in [1.165, 1.54) is 0 Å². The molecule has 2 aromatic carbocycles. The summed E-state index contributed by atoms with van der Waals surface area (Å²) in [5.41, 5.74) is 3.23. The van der Waals surface area contributed by atoms with Crippen LogP contribution in [-0.2, 0) is 9.59 Å². The van der Waals surface area contributed by atoms with Gasteiger partial charge < -0.3 is 10.1 Å². The molecule has 0 atom stereocenters. The molecule has 0 bridgehead atoms. The first kappa shape index (κ1) is 21.1. The molecule has 1 saturated heterocycles. The Labute approximate surface area is 181 Å². The van der Waals surface area contributed by atoms with Crippen LogP contribution >= 0.6 is 27.7 Å². The summed E-state index contributed by atoms with van der Waals surface area (Å²) >= 11 is 4.20. The summed E-state index contributed by atoms with van der Waals surface area (Å²) < 4.78 is 6.00. The average Bonchev–Trinajstić information content (AvgIpc) is 2.91. The lowest BCUT2D eigenvalue weighted by molar-refractivity contribution is -0.127. The van der Waals surface area contributed by atoms with Crippen LogP contribution in [0.4, 0.5) is 10.5 Å². The zero-order chi connectivity index (χ0) is 21.1. The Kier molecular flexibility index (Phi) is 6.44. The van der Waals surface area contributed by atoms with Crippen molar-refractivity contribution in [3.05, 3.63) is 62.5 Å². The minimum Gasteiger partial charge on any atom is -0.497 e. The fourth-order valence-electron chi connectivity index (χ4n) is 2.91. The van der Waals surface area contributed by atoms with Crippen molar-refractivity contribution >= 4 is 56.5 Å². The fraction of sp³-hybridized carbons (Fsp3) is 0.190. The van der Waals surface area contributed by atoms with Gasteiger partial charge >= 0.3 is 0 Å². The van der Waals surface area contributed by atoms with E-state index < -0.39 is 17.1 Å². The average molecular weight is 475 g/mol. The Morgan fingerprint density at radius 1 is 1.21 bits per heavy atom. The zero-order valence-electron chi connectivity index (χ0n) is 16.1. The van der Waals surface area contributed by atoms with Crippen molar-refractivity contribution in [2.24, 2.45) is 0 Å². The van der Waals surface area contributed by atoms with E-state index in [2.05, 4.69) is 21.2 Å². The largest absolute Gasteiger partial charge is 0.497 e. The predicted octanol–water partition coefficient (Wildman–Crippen LogP) is 4.75. The highest BCUT2D eigenvalue weighted by Crippen LogP contribution is 2.33. The van der Waals surface area contributed by atoms with E-state index in [0.717, 1.165) is 32.3 Å². The van der Waals surface area contributed by atoms with Crippen molar-refractivity contribution in [1.29, 1.82) is 0 Å². The SMILES string of the molecule is COc1cc(Br)cc(/C=C2/SC(=O)N(CC(=O)Nc3c(C)cccc3C)C2=O)c1. The van der Waals surface area contributed by atoms with Gasteiger partial charge in [-0.15, -0.1) is 0 Å². The molecule has 0 spiro atoms. The number of benzene rings is 2. The molecule has 0 saturated carbocycles. The van der Waals surface area contributed by atoms with Crippen molar-refractivity contribution in [2.45, 2.75) is 13.8 Å². The lowest BCUT2D eigenvalue weighted by Crippen LogP contribution is -2.36. The van der Waals surface area contributed by atoms with Gasteiger partial charge in [-0.1, -0.05) is 34.1 Å². The number of imide groups is 1. The normalized spacial score (nSPS) is 15.2. The van der Waals surface area contributed by atoms with Gasteiger partial charge in [0.1, 0.15) is 12.3 Å². The highest BCUT2D eigenvalue weighted by molar-refractivity contribution is 9.10. The number of nitrogens with one attached hydrogen (secondary N) is 1. The first-order chi connectivity index (χ1) is 13.8. The number of amides is 3. The third kappa shape index (κ3) is 4.89. The molecule has 0 aromatic heterocycles. The Morgan fingerprint density at radius 2 is 1.90 bits per heavy atom. The van der Waals surface area contributed by atoms with Gasteiger partial charge in [0.15, 0.2) is 0 Å². The van der Waals surface area contributed by atoms with Gasteiger partial charge in [-0.2, -0.15) is 0 Å². The van der Waals surface area contributed by atoms with E-state index >= 15 is 0 Å². The monoisotopic (exact) mass is 474 g/mol. The summed E-state index contributed by atoms with van der Waals surface area (Å²) in [5.74, 6) is -0.288. The van der Waals surface area contributed by atoms with E-state index in [9.17, 15) is 14.4 Å². The van der Waals surface area contributed by atoms with Gasteiger partial charge in [-0.05, 0) is 66.6 Å². The standard InChI is InChI=1S/C21H19BrN2O4S/c1-12-5-4-6-13(2)19(12)23-18(25)11-24-20(26)17(29-21(24)27)9-14-7-15(22)10-16(8-14)28-3/h4-10H,11H2,1-3H3,(H,23,25)/b17-9+. The number of methoxy groups -OCH3 is 1. The summed E-state index contributed by atoms with van der Waals surface area (Å²) in [7, 11) is 1.55. The van der Waals surface area contributed by atoms with Crippen LogP contribution in [0.25, 0.3) is 6.08 Å². The second-order valence-corrected chi connectivity index (χ2v) is 8.42. The lowest BCUT2D eigenvalue weighted by Gasteiger charge is -2.15. The van der Waals surface area contributed by atoms with E-state index in [0.29, 0.717) is 17.0 Å². The number of nitrogens with zero attached hydrogens (tertiary/aromatic N) is 1. The Morgan fingerprint density at radius 3 is 2.55 bits per heavy atom. The number of anilines is 1. The third-order valence-electron chi connectivity index (χ3n) is 4.35. The maximum atomic E-state index is 12.7. The molecule has 1 aliphatic rings. The number of halogens is 1. The number of hydrogen-bond donors (Lipinski definition) is 1. The summed E-state index contributed by atoms with van der Waals surface area (Å²) in [5, 5.41) is 2.32. The number of hydrogen-bond acceptors (Lipinski definition) is 5. The number of carbonyl (C=O) groups excluding carboxylic acids is 3. The second kappa shape index (κ2) is 8.84. The molecule has 0 radical (unpaired) electrons. The van der Waals surface area contributed by atoms with Crippen molar-refractivity contribution in [3.63, 3.8) is 0 Å². The fourth-order valence-corrected chi connectivity index (χ4v) is 4.24. The summed E-state index contributed by atoms with van der Waals surface area (Å²) in [4.78, 5) is 38.6. The second-order valence-electron chi connectivity index (χ2n) is 6.51. The number of para-hydroxylation sites is 1. The summed E-state index contributed by atoms with van der Waals surface area (Å²) in [6.45, 7) is 3.44. The molecule has 0 aliphatic carbocycles. The van der Waals surface area contributed by atoms with Gasteiger partial charge in [0.2, 0.25) is 5.91 Å². The van der Waals surface area contributed by atoms with Gasteiger partial charge in [-0.3, -0.25) is 19.3 Å².